The van der Waals surface area contributed by atoms with Gasteiger partial charge < -0.3 is 20.1 Å². The molecule has 0 spiro atoms. The number of aryl methyl sites for hydroxylation is 1. The van der Waals surface area contributed by atoms with Crippen molar-refractivity contribution in [1.29, 1.82) is 0 Å². The Hall–Kier alpha value is -3.24. The summed E-state index contributed by atoms with van der Waals surface area (Å²) < 4.78 is 61.0. The minimum absolute atomic E-state index is 0.0684. The zero-order valence-corrected chi connectivity index (χ0v) is 20.0. The van der Waals surface area contributed by atoms with Crippen LogP contribution in [0.25, 0.3) is 11.3 Å². The first-order chi connectivity index (χ1) is 17.2. The second-order valence-corrected chi connectivity index (χ2v) is 9.00. The third-order valence-electron chi connectivity index (χ3n) is 6.59. The Morgan fingerprint density at radius 3 is 2.53 bits per heavy atom. The fourth-order valence-electron chi connectivity index (χ4n) is 4.67. The van der Waals surface area contributed by atoms with Gasteiger partial charge in [0, 0.05) is 31.3 Å². The molecule has 1 aromatic heterocycles. The van der Waals surface area contributed by atoms with Crippen LogP contribution in [0.15, 0.2) is 48.5 Å². The quantitative estimate of drug-likeness (QED) is 0.441. The second kappa shape index (κ2) is 10.8. The molecular formula is C26H28F4N4O2. The van der Waals surface area contributed by atoms with Crippen LogP contribution < -0.4 is 15.0 Å². The maximum Gasteiger partial charge on any atom is 0.265 e. The largest absolute Gasteiger partial charge is 0.494 e. The summed E-state index contributed by atoms with van der Waals surface area (Å²) in [5, 5.41) is 22.1. The Balaban J connectivity index is 1.61. The number of aromatic nitrogens is 2. The average Bonchev–Trinajstić information content (AvgIpc) is 2.88. The molecule has 0 amide bonds. The van der Waals surface area contributed by atoms with Crippen LogP contribution in [0.3, 0.4) is 0 Å². The minimum atomic E-state index is -2.93. The van der Waals surface area contributed by atoms with E-state index in [1.165, 1.54) is 7.11 Å². The fraction of sp³-hybridized carbons (Fsp3) is 0.385. The lowest BCUT2D eigenvalue weighted by molar-refractivity contribution is -0.0658. The molecule has 0 unspecified atom stereocenters. The summed E-state index contributed by atoms with van der Waals surface area (Å²) in [7, 11) is 1.24. The molecule has 2 heterocycles. The van der Waals surface area contributed by atoms with Gasteiger partial charge in [-0.05, 0) is 43.0 Å². The molecule has 0 saturated carbocycles. The van der Waals surface area contributed by atoms with Gasteiger partial charge in [0.05, 0.1) is 18.3 Å². The zero-order valence-electron chi connectivity index (χ0n) is 20.0. The standard InChI is InChI=1S/C26H28F4N4O2/c1-16-11-21(18-12-20(28)22(36-2)13-19(18)27)32-33-25(16)34-10-6-9-26(15-34,23(35)24(29)30)31-14-17-7-4-3-5-8-17/h3-5,7-8,11-13,23-24,31,35H,6,9-10,14-15H2,1-2H3/t23-,26-/m1/s1. The number of nitrogens with zero attached hydrogens (tertiary/aromatic N) is 3. The van der Waals surface area contributed by atoms with Gasteiger partial charge >= 0.3 is 0 Å². The second-order valence-electron chi connectivity index (χ2n) is 9.00. The Labute approximate surface area is 206 Å². The summed E-state index contributed by atoms with van der Waals surface area (Å²) in [5.41, 5.74) is 0.306. The van der Waals surface area contributed by atoms with Gasteiger partial charge in [0.15, 0.2) is 17.4 Å². The first-order valence-electron chi connectivity index (χ1n) is 11.6. The number of alkyl halides is 2. The van der Waals surface area contributed by atoms with Gasteiger partial charge in [-0.2, -0.15) is 0 Å². The van der Waals surface area contributed by atoms with Crippen molar-refractivity contribution < 1.29 is 27.4 Å². The van der Waals surface area contributed by atoms with Crippen LogP contribution in [0.1, 0.15) is 24.0 Å². The maximum absolute atomic E-state index is 14.5. The molecule has 0 radical (unpaired) electrons. The van der Waals surface area contributed by atoms with E-state index in [0.29, 0.717) is 37.3 Å². The Kier molecular flexibility index (Phi) is 7.75. The van der Waals surface area contributed by atoms with Crippen LogP contribution in [0.2, 0.25) is 0 Å². The SMILES string of the molecule is COc1cc(F)c(-c2cc(C)c(N3CCC[C@](NCc4ccccc4)([C@H](O)C(F)F)C3)nn2)cc1F. The van der Waals surface area contributed by atoms with E-state index in [9.17, 15) is 22.7 Å². The summed E-state index contributed by atoms with van der Waals surface area (Å²) in [6, 6.07) is 12.9. The van der Waals surface area contributed by atoms with Gasteiger partial charge in [-0.1, -0.05) is 30.3 Å². The number of piperidine rings is 1. The molecule has 6 nitrogen and oxygen atoms in total. The van der Waals surface area contributed by atoms with Gasteiger partial charge in [0.2, 0.25) is 0 Å². The normalized spacial score (nSPS) is 18.9. The van der Waals surface area contributed by atoms with Gasteiger partial charge in [-0.15, -0.1) is 10.2 Å². The number of benzene rings is 2. The number of aliphatic hydroxyl groups excluding tert-OH is 1. The summed E-state index contributed by atoms with van der Waals surface area (Å²) in [6.45, 7) is 2.64. The molecule has 4 rings (SSSR count). The van der Waals surface area contributed by atoms with E-state index in [1.54, 1.807) is 17.9 Å². The van der Waals surface area contributed by atoms with Crippen molar-refractivity contribution in [2.24, 2.45) is 0 Å². The highest BCUT2D eigenvalue weighted by Gasteiger charge is 2.46. The van der Waals surface area contributed by atoms with Gasteiger partial charge in [0.1, 0.15) is 11.9 Å². The Morgan fingerprint density at radius 2 is 1.86 bits per heavy atom. The lowest BCUT2D eigenvalue weighted by Crippen LogP contribution is -2.65. The summed E-state index contributed by atoms with van der Waals surface area (Å²) in [6.07, 6.45) is -3.95. The lowest BCUT2D eigenvalue weighted by atomic mass is 9.83. The van der Waals surface area contributed by atoms with Crippen LogP contribution in [-0.2, 0) is 6.54 Å². The van der Waals surface area contributed by atoms with E-state index in [4.69, 9.17) is 4.74 Å². The van der Waals surface area contributed by atoms with Crippen molar-refractivity contribution in [2.75, 3.05) is 25.1 Å². The average molecular weight is 505 g/mol. The molecule has 3 aromatic rings. The van der Waals surface area contributed by atoms with Gasteiger partial charge in [0.25, 0.3) is 6.43 Å². The van der Waals surface area contributed by atoms with Crippen molar-refractivity contribution in [1.82, 2.24) is 15.5 Å². The molecule has 1 aliphatic rings. The van der Waals surface area contributed by atoms with Crippen molar-refractivity contribution in [3.8, 4) is 17.0 Å². The van der Waals surface area contributed by atoms with E-state index in [0.717, 1.165) is 17.7 Å². The molecule has 36 heavy (non-hydrogen) atoms. The van der Waals surface area contributed by atoms with Crippen molar-refractivity contribution in [3.05, 3.63) is 71.3 Å². The van der Waals surface area contributed by atoms with Crippen LogP contribution in [0.5, 0.6) is 5.75 Å². The van der Waals surface area contributed by atoms with E-state index < -0.39 is 29.7 Å². The first-order valence-corrected chi connectivity index (χ1v) is 11.6. The van der Waals surface area contributed by atoms with Crippen LogP contribution in [0.4, 0.5) is 23.4 Å². The molecule has 1 fully saturated rings. The third kappa shape index (κ3) is 5.29. The van der Waals surface area contributed by atoms with Gasteiger partial charge in [-0.3, -0.25) is 0 Å². The molecule has 2 atom stereocenters. The minimum Gasteiger partial charge on any atom is -0.494 e. The Morgan fingerprint density at radius 1 is 1.11 bits per heavy atom. The van der Waals surface area contributed by atoms with Crippen LogP contribution in [-0.4, -0.2) is 53.6 Å². The first kappa shape index (κ1) is 25.8. The van der Waals surface area contributed by atoms with Gasteiger partial charge in [-0.25, -0.2) is 17.6 Å². The topological polar surface area (TPSA) is 70.5 Å². The van der Waals surface area contributed by atoms with Crippen molar-refractivity contribution in [2.45, 2.75) is 44.4 Å². The number of hydrogen-bond acceptors (Lipinski definition) is 6. The number of methoxy groups -OCH3 is 1. The predicted molar refractivity (Wildman–Crippen MR) is 128 cm³/mol. The number of halogens is 4. The maximum atomic E-state index is 14.5. The molecule has 0 aliphatic carbocycles. The molecule has 0 bridgehead atoms. The molecule has 2 aromatic carbocycles. The number of aliphatic hydroxyl groups is 1. The summed E-state index contributed by atoms with van der Waals surface area (Å²) in [5.74, 6) is -1.23. The highest BCUT2D eigenvalue weighted by molar-refractivity contribution is 5.64. The van der Waals surface area contributed by atoms with Crippen molar-refractivity contribution >= 4 is 5.82 Å². The van der Waals surface area contributed by atoms with Crippen LogP contribution in [0, 0.1) is 18.6 Å². The van der Waals surface area contributed by atoms with Crippen LogP contribution >= 0.6 is 0 Å². The molecule has 192 valence electrons. The molecule has 1 saturated heterocycles. The van der Waals surface area contributed by atoms with E-state index in [-0.39, 0.29) is 23.6 Å². The Bertz CT molecular complexity index is 1200. The monoisotopic (exact) mass is 504 g/mol. The zero-order chi connectivity index (χ0) is 25.9. The number of nitrogens with one attached hydrogen (secondary N) is 1. The molecule has 1 aliphatic heterocycles. The predicted octanol–water partition coefficient (Wildman–Crippen LogP) is 4.49. The molecular weight excluding hydrogens is 476 g/mol. The smallest absolute Gasteiger partial charge is 0.265 e. The molecule has 10 heteroatoms. The van der Waals surface area contributed by atoms with E-state index in [2.05, 4.69) is 15.5 Å². The fourth-order valence-corrected chi connectivity index (χ4v) is 4.67. The number of hydrogen-bond donors (Lipinski definition) is 2. The van der Waals surface area contributed by atoms with Crippen molar-refractivity contribution in [3.63, 3.8) is 0 Å². The highest BCUT2D eigenvalue weighted by atomic mass is 19.3. The summed E-state index contributed by atoms with van der Waals surface area (Å²) >= 11 is 0. The highest BCUT2D eigenvalue weighted by Crippen LogP contribution is 2.33. The third-order valence-corrected chi connectivity index (χ3v) is 6.59. The number of anilines is 1. The number of rotatable bonds is 8. The van der Waals surface area contributed by atoms with E-state index in [1.807, 2.05) is 30.3 Å². The number of ether oxygens (including phenoxy) is 1. The molecule has 2 N–H and O–H groups in total. The van der Waals surface area contributed by atoms with E-state index >= 15 is 0 Å². The summed E-state index contributed by atoms with van der Waals surface area (Å²) in [4.78, 5) is 1.80. The lowest BCUT2D eigenvalue weighted by Gasteiger charge is -2.46.